The second kappa shape index (κ2) is 6.92. The summed E-state index contributed by atoms with van der Waals surface area (Å²) in [6.07, 6.45) is 4.44. The molecule has 0 saturated heterocycles. The zero-order chi connectivity index (χ0) is 16.2. The predicted molar refractivity (Wildman–Crippen MR) is 85.7 cm³/mol. The number of nitrogens with one attached hydrogen (secondary N) is 1. The molecule has 0 spiro atoms. The number of para-hydroxylation sites is 1. The minimum absolute atomic E-state index is 0.0808. The molecule has 1 fully saturated rings. The number of amides is 2. The van der Waals surface area contributed by atoms with Gasteiger partial charge >= 0.3 is 0 Å². The monoisotopic (exact) mass is 304 g/mol. The summed E-state index contributed by atoms with van der Waals surface area (Å²) >= 11 is 0. The topological polar surface area (TPSA) is 69.6 Å². The zero-order valence-electron chi connectivity index (χ0n) is 13.3. The van der Waals surface area contributed by atoms with Crippen LogP contribution in [0.25, 0.3) is 0 Å². The second-order valence-corrected chi connectivity index (χ2v) is 6.26. The molecule has 0 unspecified atom stereocenters. The minimum Gasteiger partial charge on any atom is -0.389 e. The Balaban J connectivity index is 2.07. The van der Waals surface area contributed by atoms with Crippen molar-refractivity contribution < 1.29 is 14.7 Å². The Morgan fingerprint density at radius 1 is 1.18 bits per heavy atom. The molecule has 0 radical (unpaired) electrons. The molecule has 22 heavy (non-hydrogen) atoms. The van der Waals surface area contributed by atoms with E-state index in [9.17, 15) is 14.7 Å². The van der Waals surface area contributed by atoms with Crippen molar-refractivity contribution in [1.29, 1.82) is 0 Å². The van der Waals surface area contributed by atoms with Crippen LogP contribution in [0.3, 0.4) is 0 Å². The summed E-state index contributed by atoms with van der Waals surface area (Å²) in [7, 11) is 3.34. The van der Waals surface area contributed by atoms with Gasteiger partial charge in [-0.2, -0.15) is 0 Å². The van der Waals surface area contributed by atoms with Crippen LogP contribution < -0.4 is 5.32 Å². The van der Waals surface area contributed by atoms with Gasteiger partial charge in [0.15, 0.2) is 0 Å². The molecule has 5 nitrogen and oxygen atoms in total. The number of nitrogens with zero attached hydrogens (tertiary/aromatic N) is 1. The van der Waals surface area contributed by atoms with Crippen molar-refractivity contribution in [2.24, 2.45) is 0 Å². The van der Waals surface area contributed by atoms with Crippen molar-refractivity contribution >= 4 is 17.5 Å². The van der Waals surface area contributed by atoms with E-state index in [1.807, 2.05) is 0 Å². The van der Waals surface area contributed by atoms with Crippen molar-refractivity contribution in [3.63, 3.8) is 0 Å². The quantitative estimate of drug-likeness (QED) is 0.897. The minimum atomic E-state index is -0.900. The van der Waals surface area contributed by atoms with Gasteiger partial charge in [0.1, 0.15) is 0 Å². The lowest BCUT2D eigenvalue weighted by Gasteiger charge is -2.31. The average molecular weight is 304 g/mol. The van der Waals surface area contributed by atoms with Crippen molar-refractivity contribution in [3.8, 4) is 0 Å². The first-order valence-corrected chi connectivity index (χ1v) is 7.74. The van der Waals surface area contributed by atoms with Crippen LogP contribution >= 0.6 is 0 Å². The predicted octanol–water partition coefficient (Wildman–Crippen LogP) is 2.41. The highest BCUT2D eigenvalue weighted by Gasteiger charge is 2.32. The fraction of sp³-hybridized carbons (Fsp3) is 0.529. The molecular weight excluding hydrogens is 280 g/mol. The van der Waals surface area contributed by atoms with Crippen LogP contribution in [0.4, 0.5) is 5.69 Å². The molecule has 5 heteroatoms. The van der Waals surface area contributed by atoms with E-state index in [0.29, 0.717) is 24.1 Å². The average Bonchev–Trinajstić information content (AvgIpc) is 2.47. The molecule has 2 rings (SSSR count). The van der Waals surface area contributed by atoms with E-state index in [1.165, 1.54) is 4.90 Å². The summed E-state index contributed by atoms with van der Waals surface area (Å²) < 4.78 is 0. The van der Waals surface area contributed by atoms with Crippen molar-refractivity contribution in [1.82, 2.24) is 4.90 Å². The zero-order valence-corrected chi connectivity index (χ0v) is 13.3. The first kappa shape index (κ1) is 16.5. The fourth-order valence-corrected chi connectivity index (χ4v) is 2.90. The number of carbonyl (C=O) groups excluding carboxylic acids is 2. The largest absolute Gasteiger partial charge is 0.389 e. The molecule has 1 aromatic carbocycles. The molecule has 1 aromatic rings. The van der Waals surface area contributed by atoms with Crippen LogP contribution in [0.5, 0.6) is 0 Å². The van der Waals surface area contributed by atoms with Gasteiger partial charge in [0.2, 0.25) is 5.91 Å². The Labute approximate surface area is 131 Å². The van der Waals surface area contributed by atoms with E-state index in [4.69, 9.17) is 0 Å². The number of aliphatic hydroxyl groups is 1. The molecule has 1 aliphatic rings. The number of anilines is 1. The Kier molecular flexibility index (Phi) is 5.19. The van der Waals surface area contributed by atoms with Gasteiger partial charge in [-0.05, 0) is 25.0 Å². The third-order valence-corrected chi connectivity index (χ3v) is 4.11. The van der Waals surface area contributed by atoms with Gasteiger partial charge in [0.25, 0.3) is 5.91 Å². The smallest absolute Gasteiger partial charge is 0.255 e. The standard InChI is InChI=1S/C17H24N2O3/c1-19(2)16(21)13-8-4-5-9-14(13)18-15(20)12-17(22)10-6-3-7-11-17/h4-5,8-9,22H,3,6-7,10-12H2,1-2H3,(H,18,20). The van der Waals surface area contributed by atoms with Crippen LogP contribution in [-0.4, -0.2) is 41.5 Å². The fourth-order valence-electron chi connectivity index (χ4n) is 2.90. The molecule has 0 aromatic heterocycles. The Morgan fingerprint density at radius 3 is 2.45 bits per heavy atom. The normalized spacial score (nSPS) is 16.9. The molecule has 0 aliphatic heterocycles. The van der Waals surface area contributed by atoms with Gasteiger partial charge in [-0.25, -0.2) is 0 Å². The van der Waals surface area contributed by atoms with Gasteiger partial charge in [-0.15, -0.1) is 0 Å². The molecule has 1 saturated carbocycles. The summed E-state index contributed by atoms with van der Waals surface area (Å²) in [5.74, 6) is -0.407. The highest BCUT2D eigenvalue weighted by Crippen LogP contribution is 2.31. The summed E-state index contributed by atoms with van der Waals surface area (Å²) in [6, 6.07) is 6.94. The van der Waals surface area contributed by atoms with E-state index < -0.39 is 5.60 Å². The highest BCUT2D eigenvalue weighted by atomic mass is 16.3. The van der Waals surface area contributed by atoms with E-state index in [2.05, 4.69) is 5.32 Å². The Hall–Kier alpha value is -1.88. The maximum absolute atomic E-state index is 12.2. The van der Waals surface area contributed by atoms with Crippen molar-refractivity contribution in [2.45, 2.75) is 44.1 Å². The van der Waals surface area contributed by atoms with Crippen LogP contribution in [-0.2, 0) is 4.79 Å². The van der Waals surface area contributed by atoms with E-state index in [-0.39, 0.29) is 18.2 Å². The lowest BCUT2D eigenvalue weighted by atomic mass is 9.82. The molecule has 2 N–H and O–H groups in total. The van der Waals surface area contributed by atoms with Gasteiger partial charge < -0.3 is 15.3 Å². The number of benzene rings is 1. The van der Waals surface area contributed by atoms with Gasteiger partial charge in [0.05, 0.1) is 23.3 Å². The lowest BCUT2D eigenvalue weighted by Crippen LogP contribution is -2.36. The molecular formula is C17H24N2O3. The van der Waals surface area contributed by atoms with E-state index in [1.54, 1.807) is 38.4 Å². The third-order valence-electron chi connectivity index (χ3n) is 4.11. The maximum atomic E-state index is 12.2. The van der Waals surface area contributed by atoms with Gasteiger partial charge in [-0.1, -0.05) is 31.4 Å². The van der Waals surface area contributed by atoms with E-state index in [0.717, 1.165) is 19.3 Å². The summed E-state index contributed by atoms with van der Waals surface area (Å²) in [5, 5.41) is 13.2. The van der Waals surface area contributed by atoms with Crippen LogP contribution in [0.2, 0.25) is 0 Å². The molecule has 0 atom stereocenters. The Morgan fingerprint density at radius 2 is 1.82 bits per heavy atom. The van der Waals surface area contributed by atoms with Crippen LogP contribution in [0.15, 0.2) is 24.3 Å². The molecule has 0 heterocycles. The van der Waals surface area contributed by atoms with Crippen molar-refractivity contribution in [3.05, 3.63) is 29.8 Å². The van der Waals surface area contributed by atoms with E-state index >= 15 is 0 Å². The molecule has 120 valence electrons. The van der Waals surface area contributed by atoms with Crippen LogP contribution in [0.1, 0.15) is 48.9 Å². The maximum Gasteiger partial charge on any atom is 0.255 e. The highest BCUT2D eigenvalue weighted by molar-refractivity contribution is 6.03. The number of carbonyl (C=O) groups is 2. The second-order valence-electron chi connectivity index (χ2n) is 6.26. The first-order valence-electron chi connectivity index (χ1n) is 7.74. The van der Waals surface area contributed by atoms with Crippen molar-refractivity contribution in [2.75, 3.05) is 19.4 Å². The summed E-state index contributed by atoms with van der Waals surface area (Å²) in [6.45, 7) is 0. The first-order chi connectivity index (χ1) is 10.4. The van der Waals surface area contributed by atoms with Crippen LogP contribution in [0, 0.1) is 0 Å². The lowest BCUT2D eigenvalue weighted by molar-refractivity contribution is -0.122. The van der Waals surface area contributed by atoms with Gasteiger partial charge in [0, 0.05) is 14.1 Å². The molecule has 1 aliphatic carbocycles. The Bertz CT molecular complexity index is 549. The number of rotatable bonds is 4. The van der Waals surface area contributed by atoms with Gasteiger partial charge in [-0.3, -0.25) is 9.59 Å². The molecule has 2 amide bonds. The summed E-state index contributed by atoms with van der Waals surface area (Å²) in [5.41, 5.74) is 0.0464. The third kappa shape index (κ3) is 4.07. The number of hydrogen-bond donors (Lipinski definition) is 2. The SMILES string of the molecule is CN(C)C(=O)c1ccccc1NC(=O)CC1(O)CCCCC1. The number of hydrogen-bond acceptors (Lipinski definition) is 3. The molecule has 0 bridgehead atoms. The summed E-state index contributed by atoms with van der Waals surface area (Å²) in [4.78, 5) is 25.8.